The van der Waals surface area contributed by atoms with E-state index >= 15 is 0 Å². The topological polar surface area (TPSA) is 77.1 Å². The van der Waals surface area contributed by atoms with Gasteiger partial charge in [0.05, 0.1) is 32.8 Å². The fourth-order valence-electron chi connectivity index (χ4n) is 2.37. The molecule has 7 heteroatoms. The Morgan fingerprint density at radius 1 is 0.857 bits per heavy atom. The molecular formula is C21H42N2O5. The van der Waals surface area contributed by atoms with Crippen molar-refractivity contribution in [3.8, 4) is 0 Å². The molecule has 0 aliphatic rings. The fourth-order valence-corrected chi connectivity index (χ4v) is 2.37. The zero-order chi connectivity index (χ0) is 21.0. The van der Waals surface area contributed by atoms with Crippen LogP contribution in [0.4, 0.5) is 0 Å². The number of carbonyl (C=O) groups is 2. The molecule has 0 unspecified atom stereocenters. The SMILES string of the molecule is CNCCOCCN(C)CCC(=O)OCCCCCCOC(=O)CCC(C)C. The minimum atomic E-state index is -0.151. The summed E-state index contributed by atoms with van der Waals surface area (Å²) in [6, 6.07) is 0. The average molecular weight is 403 g/mol. The van der Waals surface area contributed by atoms with Crippen LogP contribution in [0.15, 0.2) is 0 Å². The summed E-state index contributed by atoms with van der Waals surface area (Å²) < 4.78 is 15.9. The molecule has 0 radical (unpaired) electrons. The summed E-state index contributed by atoms with van der Waals surface area (Å²) in [6.07, 6.45) is 5.45. The van der Waals surface area contributed by atoms with Crippen LogP contribution in [0.5, 0.6) is 0 Å². The van der Waals surface area contributed by atoms with Crippen molar-refractivity contribution in [3.63, 3.8) is 0 Å². The Morgan fingerprint density at radius 3 is 2.04 bits per heavy atom. The Hall–Kier alpha value is -1.18. The van der Waals surface area contributed by atoms with Crippen molar-refractivity contribution in [3.05, 3.63) is 0 Å². The van der Waals surface area contributed by atoms with E-state index in [9.17, 15) is 9.59 Å². The Balaban J connectivity index is 3.39. The van der Waals surface area contributed by atoms with Gasteiger partial charge in [-0.25, -0.2) is 0 Å². The van der Waals surface area contributed by atoms with E-state index in [2.05, 4.69) is 24.1 Å². The third-order valence-corrected chi connectivity index (χ3v) is 4.30. The maximum Gasteiger partial charge on any atom is 0.307 e. The van der Waals surface area contributed by atoms with Crippen molar-refractivity contribution < 1.29 is 23.8 Å². The molecule has 0 aliphatic heterocycles. The molecule has 0 aromatic heterocycles. The molecule has 0 saturated heterocycles. The van der Waals surface area contributed by atoms with E-state index in [0.29, 0.717) is 51.7 Å². The molecule has 0 fully saturated rings. The predicted octanol–water partition coefficient (Wildman–Crippen LogP) is 2.63. The van der Waals surface area contributed by atoms with Gasteiger partial charge in [-0.3, -0.25) is 9.59 Å². The first-order valence-electron chi connectivity index (χ1n) is 10.7. The van der Waals surface area contributed by atoms with Crippen LogP contribution >= 0.6 is 0 Å². The normalized spacial score (nSPS) is 11.2. The number of ether oxygens (including phenoxy) is 3. The molecule has 0 spiro atoms. The number of esters is 2. The molecule has 7 nitrogen and oxygen atoms in total. The van der Waals surface area contributed by atoms with Crippen LogP contribution in [0.2, 0.25) is 0 Å². The van der Waals surface area contributed by atoms with Crippen molar-refractivity contribution in [1.82, 2.24) is 10.2 Å². The van der Waals surface area contributed by atoms with Crippen molar-refractivity contribution in [1.29, 1.82) is 0 Å². The van der Waals surface area contributed by atoms with Gasteiger partial charge in [0.1, 0.15) is 0 Å². The van der Waals surface area contributed by atoms with Gasteiger partial charge in [-0.15, -0.1) is 0 Å². The smallest absolute Gasteiger partial charge is 0.307 e. The predicted molar refractivity (Wildman–Crippen MR) is 111 cm³/mol. The summed E-state index contributed by atoms with van der Waals surface area (Å²) in [7, 11) is 3.87. The first kappa shape index (κ1) is 26.8. The molecule has 1 N–H and O–H groups in total. The van der Waals surface area contributed by atoms with E-state index in [1.807, 2.05) is 14.1 Å². The highest BCUT2D eigenvalue weighted by molar-refractivity contribution is 5.69. The van der Waals surface area contributed by atoms with Gasteiger partial charge in [0.25, 0.3) is 0 Å². The third-order valence-electron chi connectivity index (χ3n) is 4.30. The lowest BCUT2D eigenvalue weighted by Crippen LogP contribution is -2.27. The first-order valence-corrected chi connectivity index (χ1v) is 10.7. The maximum absolute atomic E-state index is 11.7. The molecule has 166 valence electrons. The van der Waals surface area contributed by atoms with Crippen LogP contribution < -0.4 is 5.32 Å². The molecule has 0 atom stereocenters. The lowest BCUT2D eigenvalue weighted by Gasteiger charge is -2.16. The molecule has 0 rings (SSSR count). The van der Waals surface area contributed by atoms with Crippen LogP contribution in [0.3, 0.4) is 0 Å². The van der Waals surface area contributed by atoms with Gasteiger partial charge in [0, 0.05) is 26.1 Å². The molecule has 0 aliphatic carbocycles. The largest absolute Gasteiger partial charge is 0.466 e. The number of hydrogen-bond acceptors (Lipinski definition) is 7. The van der Waals surface area contributed by atoms with Gasteiger partial charge in [0.15, 0.2) is 0 Å². The van der Waals surface area contributed by atoms with Gasteiger partial charge in [-0.1, -0.05) is 13.8 Å². The van der Waals surface area contributed by atoms with E-state index in [0.717, 1.165) is 45.2 Å². The van der Waals surface area contributed by atoms with Crippen LogP contribution in [-0.2, 0) is 23.8 Å². The van der Waals surface area contributed by atoms with Gasteiger partial charge in [-0.05, 0) is 52.1 Å². The third kappa shape index (κ3) is 19.6. The molecule has 0 aromatic rings. The summed E-state index contributed by atoms with van der Waals surface area (Å²) in [6.45, 7) is 8.84. The van der Waals surface area contributed by atoms with E-state index in [-0.39, 0.29) is 11.9 Å². The van der Waals surface area contributed by atoms with Crippen LogP contribution in [0.25, 0.3) is 0 Å². The number of carbonyl (C=O) groups excluding carboxylic acids is 2. The second kappa shape index (κ2) is 19.2. The summed E-state index contributed by atoms with van der Waals surface area (Å²) in [5, 5.41) is 3.03. The highest BCUT2D eigenvalue weighted by atomic mass is 16.5. The van der Waals surface area contributed by atoms with Crippen molar-refractivity contribution in [2.24, 2.45) is 5.92 Å². The number of likely N-dealkylation sites (N-methyl/N-ethyl adjacent to an activating group) is 2. The molecule has 0 aromatic carbocycles. The summed E-state index contributed by atoms with van der Waals surface area (Å²) in [5.74, 6) is 0.275. The van der Waals surface area contributed by atoms with Crippen LogP contribution in [0, 0.1) is 5.92 Å². The summed E-state index contributed by atoms with van der Waals surface area (Å²) >= 11 is 0. The molecule has 0 bridgehead atoms. The highest BCUT2D eigenvalue weighted by Crippen LogP contribution is 2.06. The van der Waals surface area contributed by atoms with Crippen molar-refractivity contribution in [2.75, 3.05) is 60.2 Å². The van der Waals surface area contributed by atoms with E-state index in [4.69, 9.17) is 14.2 Å². The van der Waals surface area contributed by atoms with Gasteiger partial charge in [0.2, 0.25) is 0 Å². The second-order valence-corrected chi connectivity index (χ2v) is 7.56. The number of hydrogen-bond donors (Lipinski definition) is 1. The quantitative estimate of drug-likeness (QED) is 0.263. The lowest BCUT2D eigenvalue weighted by molar-refractivity contribution is -0.145. The van der Waals surface area contributed by atoms with Crippen molar-refractivity contribution >= 4 is 11.9 Å². The van der Waals surface area contributed by atoms with Gasteiger partial charge in [-0.2, -0.15) is 0 Å². The number of rotatable bonds is 19. The number of unbranched alkanes of at least 4 members (excludes halogenated alkanes) is 3. The Morgan fingerprint density at radius 2 is 1.46 bits per heavy atom. The van der Waals surface area contributed by atoms with E-state index in [1.54, 1.807) is 0 Å². The molecule has 28 heavy (non-hydrogen) atoms. The standard InChI is InChI=1S/C21H42N2O5/c1-19(2)9-10-20(24)27-15-7-5-6-8-16-28-21(25)11-13-23(4)14-18-26-17-12-22-3/h19,22H,5-18H2,1-4H3. The Bertz CT molecular complexity index is 391. The maximum atomic E-state index is 11.7. The van der Waals surface area contributed by atoms with E-state index in [1.165, 1.54) is 0 Å². The minimum absolute atomic E-state index is 0.0999. The summed E-state index contributed by atoms with van der Waals surface area (Å²) in [4.78, 5) is 25.3. The Kier molecular flexibility index (Phi) is 18.3. The zero-order valence-corrected chi connectivity index (χ0v) is 18.5. The molecule has 0 heterocycles. The van der Waals surface area contributed by atoms with Gasteiger partial charge >= 0.3 is 11.9 Å². The van der Waals surface area contributed by atoms with Crippen LogP contribution in [0.1, 0.15) is 58.8 Å². The van der Waals surface area contributed by atoms with Gasteiger partial charge < -0.3 is 24.4 Å². The highest BCUT2D eigenvalue weighted by Gasteiger charge is 2.06. The van der Waals surface area contributed by atoms with Crippen LogP contribution in [-0.4, -0.2) is 77.0 Å². The minimum Gasteiger partial charge on any atom is -0.466 e. The summed E-state index contributed by atoms with van der Waals surface area (Å²) in [5.41, 5.74) is 0. The first-order chi connectivity index (χ1) is 13.5. The second-order valence-electron chi connectivity index (χ2n) is 7.56. The molecule has 0 saturated carbocycles. The molecule has 0 amide bonds. The molecular weight excluding hydrogens is 360 g/mol. The zero-order valence-electron chi connectivity index (χ0n) is 18.5. The fraction of sp³-hybridized carbons (Fsp3) is 0.905. The Labute approximate surface area is 171 Å². The van der Waals surface area contributed by atoms with Crippen molar-refractivity contribution in [2.45, 2.75) is 58.8 Å². The monoisotopic (exact) mass is 402 g/mol. The average Bonchev–Trinajstić information content (AvgIpc) is 2.66. The lowest BCUT2D eigenvalue weighted by atomic mass is 10.1. The number of nitrogens with zero attached hydrogens (tertiary/aromatic N) is 1. The number of nitrogens with one attached hydrogen (secondary N) is 1. The van der Waals surface area contributed by atoms with E-state index < -0.39 is 0 Å².